The first-order chi connectivity index (χ1) is 55.6. The van der Waals surface area contributed by atoms with E-state index >= 15 is 0 Å². The van der Waals surface area contributed by atoms with Crippen molar-refractivity contribution in [3.8, 4) is 78.8 Å². The molecule has 0 bridgehead atoms. The van der Waals surface area contributed by atoms with Gasteiger partial charge in [-0.2, -0.15) is 0 Å². The van der Waals surface area contributed by atoms with Crippen LogP contribution in [0.3, 0.4) is 0 Å². The first-order valence-corrected chi connectivity index (χ1v) is 43.9. The summed E-state index contributed by atoms with van der Waals surface area (Å²) in [7, 11) is 2.99. The van der Waals surface area contributed by atoms with Crippen LogP contribution in [0.15, 0.2) is 266 Å². The Morgan fingerprint density at radius 3 is 1.15 bits per heavy atom. The van der Waals surface area contributed by atoms with Gasteiger partial charge in [-0.25, -0.2) is 0 Å². The minimum atomic E-state index is -0.362. The summed E-state index contributed by atoms with van der Waals surface area (Å²) >= 11 is 3.31. The van der Waals surface area contributed by atoms with E-state index in [0.29, 0.717) is 23.7 Å². The number of aromatic nitrogens is 4. The summed E-state index contributed by atoms with van der Waals surface area (Å²) in [5, 5.41) is 1.59. The van der Waals surface area contributed by atoms with Crippen molar-refractivity contribution in [3.63, 3.8) is 0 Å². The van der Waals surface area contributed by atoms with Crippen LogP contribution in [0.4, 0.5) is 0 Å². The molecule has 0 spiro atoms. The van der Waals surface area contributed by atoms with E-state index in [0.717, 1.165) is 109 Å². The predicted molar refractivity (Wildman–Crippen MR) is 489 cm³/mol. The van der Waals surface area contributed by atoms with Gasteiger partial charge < -0.3 is 38.7 Å². The number of nitrogens with zero attached hydrogens (tertiary/aromatic N) is 4. The van der Waals surface area contributed by atoms with Crippen molar-refractivity contribution in [2.24, 2.45) is 23.7 Å². The maximum atomic E-state index is 6.15. The Kier molecular flexibility index (Phi) is 39.2. The fourth-order valence-corrected chi connectivity index (χ4v) is 19.1. The van der Waals surface area contributed by atoms with Crippen molar-refractivity contribution in [2.45, 2.75) is 195 Å². The van der Waals surface area contributed by atoms with Crippen LogP contribution < -0.4 is 20.2 Å². The van der Waals surface area contributed by atoms with E-state index in [1.54, 1.807) is 19.5 Å². The summed E-state index contributed by atoms with van der Waals surface area (Å²) in [6.45, 7) is 26.0. The van der Waals surface area contributed by atoms with Crippen molar-refractivity contribution in [1.82, 2.24) is 19.9 Å². The number of hydrogen-bond acceptors (Lipinski definition) is 8. The second kappa shape index (κ2) is 48.4. The molecule has 4 aromatic heterocycles. The molecule has 5 heterocycles. The van der Waals surface area contributed by atoms with Crippen molar-refractivity contribution in [1.29, 1.82) is 0 Å². The second-order valence-electron chi connectivity index (χ2n) is 33.0. The van der Waals surface area contributed by atoms with Crippen molar-refractivity contribution in [2.75, 3.05) is 14.2 Å². The topological polar surface area (TPSA) is 88.5 Å². The summed E-state index contributed by atoms with van der Waals surface area (Å²) in [5.74, 6) is 4.47. The molecule has 0 atom stereocenters. The van der Waals surface area contributed by atoms with Gasteiger partial charge in [0.1, 0.15) is 11.5 Å². The van der Waals surface area contributed by atoms with Crippen LogP contribution in [0.2, 0.25) is 0 Å². The van der Waals surface area contributed by atoms with Gasteiger partial charge in [0, 0.05) is 69.5 Å². The summed E-state index contributed by atoms with van der Waals surface area (Å²) < 4.78 is 25.0. The molecule has 2 radical (unpaired) electrons. The molecule has 2 aliphatic carbocycles. The van der Waals surface area contributed by atoms with E-state index in [1.165, 1.54) is 103 Å². The maximum Gasteiger partial charge on any atom is 0.475 e. The monoisotopic (exact) mass is 1990 g/mol. The standard InChI is InChI=1S/C26H35O2P.C21H27BNO2.C21H20N.2C15H16N.C6H5Br.2Ir/c1-27-23-17-11-18-24(28-2)26(23)22-16-9-10-19-25(22)29(20-12-5-3-6-13-20)21-14-7-4-8-15-21;1-15(2)12-16-10-11-19(23-14-16)17-8-7-9-18(13-17)22-24-20(3,4)21(5,6)25-22;1-16(2)13-17-11-12-21(22-15-17)20-10-6-9-19(14-20)18-7-4-3-5-8-18;2*1-12(2)10-13-8-9-15(16-11-13)14-6-4-3-5-7-14;7-6-4-2-1-3-5-6;;/h9-11,16-21H,3-8,12-15H2,1-2H3;7,9-11,13-15H,12H2,1-6H3;3-9,11-12,14-16H,13H2,1-2H3;2*3-6,8-9,11-12H,10H2,1-2H3;1-5H;;/q;4*-1;;;. The molecule has 8 nitrogen and oxygen atoms in total. The zero-order valence-corrected chi connectivity index (χ0v) is 78.5. The van der Waals surface area contributed by atoms with E-state index in [2.05, 4.69) is 271 Å². The molecule has 1 saturated heterocycles. The molecule has 0 amide bonds. The summed E-state index contributed by atoms with van der Waals surface area (Å²) in [4.78, 5) is 18.2. The number of benzene rings is 8. The quantitative estimate of drug-likeness (QED) is 0.0424. The van der Waals surface area contributed by atoms with Gasteiger partial charge in [-0.05, 0) is 200 Å². The molecule has 12 aromatic rings. The average Bonchev–Trinajstić information content (AvgIpc) is 1.74. The fourth-order valence-electron chi connectivity index (χ4n) is 14.8. The van der Waals surface area contributed by atoms with Gasteiger partial charge in [0.2, 0.25) is 0 Å². The average molecular weight is 2000 g/mol. The molecule has 0 unspecified atom stereocenters. The van der Waals surface area contributed by atoms with E-state index in [-0.39, 0.29) is 66.5 Å². The fraction of sp³-hybridized carbons (Fsp3) is 0.346. The van der Waals surface area contributed by atoms with Crippen molar-refractivity contribution >= 4 is 41.7 Å². The van der Waals surface area contributed by atoms with Gasteiger partial charge in [-0.1, -0.05) is 245 Å². The Hall–Kier alpha value is -7.85. The number of methoxy groups -OCH3 is 2. The molecule has 8 aromatic carbocycles. The second-order valence-corrected chi connectivity index (χ2v) is 36.6. The molecule has 616 valence electrons. The van der Waals surface area contributed by atoms with E-state index < -0.39 is 0 Å². The van der Waals surface area contributed by atoms with Crippen molar-refractivity contribution in [3.05, 3.63) is 312 Å². The van der Waals surface area contributed by atoms with Gasteiger partial charge in [0.15, 0.2) is 0 Å². The Labute approximate surface area is 739 Å². The zero-order chi connectivity index (χ0) is 81.5. The van der Waals surface area contributed by atoms with Gasteiger partial charge in [-0.3, -0.25) is 0 Å². The van der Waals surface area contributed by atoms with Gasteiger partial charge >= 0.3 is 7.12 Å². The van der Waals surface area contributed by atoms with E-state index in [4.69, 9.17) is 18.8 Å². The van der Waals surface area contributed by atoms with Gasteiger partial charge in [-0.15, -0.1) is 142 Å². The Balaban J connectivity index is 0.000000180. The molecular weight excluding hydrogens is 1880 g/mol. The van der Waals surface area contributed by atoms with E-state index in [1.807, 2.05) is 134 Å². The first-order valence-electron chi connectivity index (χ1n) is 41.6. The zero-order valence-electron chi connectivity index (χ0n) is 71.2. The summed E-state index contributed by atoms with van der Waals surface area (Å²) in [6, 6.07) is 93.6. The van der Waals surface area contributed by atoms with Gasteiger partial charge in [0.25, 0.3) is 0 Å². The summed E-state index contributed by atoms with van der Waals surface area (Å²) in [5.41, 5.74) is 20.1. The molecule has 13 heteroatoms. The minimum Gasteiger partial charge on any atom is -0.496 e. The third-order valence-electron chi connectivity index (χ3n) is 21.2. The van der Waals surface area contributed by atoms with Crippen LogP contribution >= 0.6 is 23.9 Å². The molecule has 3 aliphatic rings. The largest absolute Gasteiger partial charge is 0.496 e. The number of pyridine rings is 4. The normalized spacial score (nSPS) is 14.1. The Morgan fingerprint density at radius 1 is 0.402 bits per heavy atom. The van der Waals surface area contributed by atoms with Crippen LogP contribution in [0, 0.1) is 47.9 Å². The molecule has 2 saturated carbocycles. The molecule has 3 fully saturated rings. The number of halogens is 1. The minimum absolute atomic E-state index is 0. The summed E-state index contributed by atoms with van der Waals surface area (Å²) in [6.07, 6.45) is 26.3. The number of rotatable bonds is 20. The molecular formula is C104H119BBrIr2N4O4P-4. The third-order valence-corrected chi connectivity index (χ3v) is 25.3. The molecule has 0 N–H and O–H groups in total. The first kappa shape index (κ1) is 94.6. The number of hydrogen-bond donors (Lipinski definition) is 0. The van der Waals surface area contributed by atoms with Crippen LogP contribution in [0.1, 0.15) is 170 Å². The van der Waals surface area contributed by atoms with E-state index in [9.17, 15) is 0 Å². The van der Waals surface area contributed by atoms with Crippen LogP contribution in [-0.2, 0) is 75.2 Å². The smallest absolute Gasteiger partial charge is 0.475 e. The molecule has 117 heavy (non-hydrogen) atoms. The number of ether oxygens (including phenoxy) is 2. The van der Waals surface area contributed by atoms with Gasteiger partial charge in [0.05, 0.1) is 31.0 Å². The molecule has 1 aliphatic heterocycles. The Bertz CT molecular complexity index is 4660. The predicted octanol–water partition coefficient (Wildman–Crippen LogP) is 26.5. The van der Waals surface area contributed by atoms with Crippen LogP contribution in [-0.4, -0.2) is 63.8 Å². The molecule has 15 rings (SSSR count). The Morgan fingerprint density at radius 2 is 0.778 bits per heavy atom. The van der Waals surface area contributed by atoms with Crippen LogP contribution in [0.5, 0.6) is 11.5 Å². The maximum absolute atomic E-state index is 6.15. The third kappa shape index (κ3) is 29.2. The SMILES string of the molecule is Brc1ccccc1.CC(C)Cc1ccc(-c2[c-]ccc(-c3ccccc3)c2)nc1.CC(C)Cc1ccc(-c2[c-]ccc(B3OC(C)(C)C(C)(C)O3)c2)nc1.CC(C)Cc1ccc(-c2[c-]cccc2)nc1.CC(C)Cc1ccc(-c2[c-]cccc2)nc1.COc1cccc(OC)c1-c1ccccc1P(C1CCCCC1)C1CCCCC1.[Ir].[Ir]. The van der Waals surface area contributed by atoms with Crippen molar-refractivity contribution < 1.29 is 59.0 Å². The van der Waals surface area contributed by atoms with Crippen LogP contribution in [0.25, 0.3) is 67.3 Å².